The van der Waals surface area contributed by atoms with Crippen LogP contribution in [0.4, 0.5) is 0 Å². The fraction of sp³-hybridized carbons (Fsp3) is 1.00. The Balaban J connectivity index is 1.84. The van der Waals surface area contributed by atoms with E-state index in [-0.39, 0.29) is 0 Å². The molecule has 0 amide bonds. The molecular formula is C9H14O2. The smallest absolute Gasteiger partial charge is 0.102 e. The Hall–Kier alpha value is -0.0800. The molecule has 3 fully saturated rings. The van der Waals surface area contributed by atoms with Gasteiger partial charge >= 0.3 is 0 Å². The van der Waals surface area contributed by atoms with Crippen molar-refractivity contribution in [1.29, 1.82) is 0 Å². The predicted molar refractivity (Wildman–Crippen MR) is 40.4 cm³/mol. The van der Waals surface area contributed by atoms with E-state index in [4.69, 9.17) is 9.47 Å². The molecule has 0 bridgehead atoms. The standard InChI is InChI=1S/C9H14O2/c1-2-7-6-10-5-4-9(7)8(3-1)11-9/h7-8H,1-6H2/t7-,8?,9-/m1/s1. The van der Waals surface area contributed by atoms with E-state index in [1.807, 2.05) is 0 Å². The van der Waals surface area contributed by atoms with Gasteiger partial charge in [0.1, 0.15) is 5.60 Å². The van der Waals surface area contributed by atoms with Crippen LogP contribution in [0.5, 0.6) is 0 Å². The lowest BCUT2D eigenvalue weighted by Crippen LogP contribution is -2.39. The van der Waals surface area contributed by atoms with E-state index in [1.54, 1.807) is 0 Å². The molecule has 1 saturated carbocycles. The normalized spacial score (nSPS) is 54.5. The zero-order valence-electron chi connectivity index (χ0n) is 6.71. The minimum atomic E-state index is 0.316. The Labute approximate surface area is 66.9 Å². The van der Waals surface area contributed by atoms with Gasteiger partial charge in [0, 0.05) is 18.9 Å². The van der Waals surface area contributed by atoms with Crippen LogP contribution in [0.15, 0.2) is 0 Å². The molecule has 2 nitrogen and oxygen atoms in total. The lowest BCUT2D eigenvalue weighted by Gasteiger charge is -2.32. The molecule has 1 unspecified atom stereocenters. The molecule has 11 heavy (non-hydrogen) atoms. The molecule has 0 aromatic heterocycles. The molecule has 2 aliphatic heterocycles. The molecule has 62 valence electrons. The van der Waals surface area contributed by atoms with Gasteiger partial charge in [0.15, 0.2) is 0 Å². The fourth-order valence-electron chi connectivity index (χ4n) is 2.79. The molecule has 3 aliphatic rings. The molecule has 2 heteroatoms. The maximum absolute atomic E-state index is 5.79. The first-order valence-corrected chi connectivity index (χ1v) is 4.67. The summed E-state index contributed by atoms with van der Waals surface area (Å²) in [6.45, 7) is 1.88. The lowest BCUT2D eigenvalue weighted by atomic mass is 9.77. The van der Waals surface area contributed by atoms with Gasteiger partial charge in [0.25, 0.3) is 0 Å². The Morgan fingerprint density at radius 2 is 2.27 bits per heavy atom. The largest absolute Gasteiger partial charge is 0.381 e. The summed E-state index contributed by atoms with van der Waals surface area (Å²) in [6.07, 6.45) is 5.75. The molecule has 2 heterocycles. The van der Waals surface area contributed by atoms with E-state index in [0.29, 0.717) is 11.7 Å². The maximum atomic E-state index is 5.79. The quantitative estimate of drug-likeness (QED) is 0.491. The van der Waals surface area contributed by atoms with Crippen LogP contribution < -0.4 is 0 Å². The minimum absolute atomic E-state index is 0.316. The monoisotopic (exact) mass is 154 g/mol. The lowest BCUT2D eigenvalue weighted by molar-refractivity contribution is -0.00629. The van der Waals surface area contributed by atoms with Crippen LogP contribution in [-0.2, 0) is 9.47 Å². The summed E-state index contributed by atoms with van der Waals surface area (Å²) < 4.78 is 11.2. The van der Waals surface area contributed by atoms with Gasteiger partial charge in [-0.15, -0.1) is 0 Å². The van der Waals surface area contributed by atoms with Crippen LogP contribution >= 0.6 is 0 Å². The van der Waals surface area contributed by atoms with Gasteiger partial charge in [-0.1, -0.05) is 6.42 Å². The van der Waals surface area contributed by atoms with Crippen LogP contribution in [0.25, 0.3) is 0 Å². The molecule has 0 N–H and O–H groups in total. The first-order chi connectivity index (χ1) is 5.42. The molecule has 0 aromatic carbocycles. The van der Waals surface area contributed by atoms with Crippen LogP contribution in [0.2, 0.25) is 0 Å². The second-order valence-electron chi connectivity index (χ2n) is 4.01. The van der Waals surface area contributed by atoms with Gasteiger partial charge in [-0.25, -0.2) is 0 Å². The second-order valence-corrected chi connectivity index (χ2v) is 4.01. The van der Waals surface area contributed by atoms with Crippen molar-refractivity contribution in [3.05, 3.63) is 0 Å². The van der Waals surface area contributed by atoms with Crippen molar-refractivity contribution in [1.82, 2.24) is 0 Å². The molecule has 0 radical (unpaired) electrons. The van der Waals surface area contributed by atoms with E-state index >= 15 is 0 Å². The molecule has 0 aromatic rings. The van der Waals surface area contributed by atoms with E-state index in [1.165, 1.54) is 19.3 Å². The summed E-state index contributed by atoms with van der Waals surface area (Å²) >= 11 is 0. The summed E-state index contributed by atoms with van der Waals surface area (Å²) in [4.78, 5) is 0. The Morgan fingerprint density at radius 1 is 1.27 bits per heavy atom. The number of hydrogen-bond acceptors (Lipinski definition) is 2. The van der Waals surface area contributed by atoms with Gasteiger partial charge in [-0.2, -0.15) is 0 Å². The second kappa shape index (κ2) is 1.99. The van der Waals surface area contributed by atoms with E-state index in [2.05, 4.69) is 0 Å². The first kappa shape index (κ1) is 6.44. The van der Waals surface area contributed by atoms with E-state index in [9.17, 15) is 0 Å². The third-order valence-electron chi connectivity index (χ3n) is 3.52. The van der Waals surface area contributed by atoms with Gasteiger partial charge in [-0.05, 0) is 12.8 Å². The fourth-order valence-corrected chi connectivity index (χ4v) is 2.79. The summed E-state index contributed by atoms with van der Waals surface area (Å²) in [5, 5.41) is 0. The molecular weight excluding hydrogens is 140 g/mol. The highest BCUT2D eigenvalue weighted by atomic mass is 16.6. The summed E-state index contributed by atoms with van der Waals surface area (Å²) in [5.74, 6) is 0.731. The van der Waals surface area contributed by atoms with Crippen LogP contribution in [0, 0.1) is 5.92 Å². The van der Waals surface area contributed by atoms with Crippen LogP contribution in [0.1, 0.15) is 25.7 Å². The molecule has 3 atom stereocenters. The Bertz CT molecular complexity index is 178. The molecule has 1 aliphatic carbocycles. The van der Waals surface area contributed by atoms with Gasteiger partial charge in [0.05, 0.1) is 12.7 Å². The predicted octanol–water partition coefficient (Wildman–Crippen LogP) is 1.34. The van der Waals surface area contributed by atoms with Crippen molar-refractivity contribution in [3.63, 3.8) is 0 Å². The highest BCUT2D eigenvalue weighted by Gasteiger charge is 2.63. The Morgan fingerprint density at radius 3 is 3.18 bits per heavy atom. The van der Waals surface area contributed by atoms with Gasteiger partial charge in [-0.3, -0.25) is 0 Å². The minimum Gasteiger partial charge on any atom is -0.381 e. The average molecular weight is 154 g/mol. The average Bonchev–Trinajstić information content (AvgIpc) is 2.75. The molecule has 3 rings (SSSR count). The number of rotatable bonds is 0. The Kier molecular flexibility index (Phi) is 1.16. The van der Waals surface area contributed by atoms with Crippen LogP contribution in [0.3, 0.4) is 0 Å². The third-order valence-corrected chi connectivity index (χ3v) is 3.52. The van der Waals surface area contributed by atoms with Crippen LogP contribution in [-0.4, -0.2) is 24.9 Å². The summed E-state index contributed by atoms with van der Waals surface area (Å²) in [7, 11) is 0. The van der Waals surface area contributed by atoms with Crippen molar-refractivity contribution in [3.8, 4) is 0 Å². The topological polar surface area (TPSA) is 21.8 Å². The maximum Gasteiger partial charge on any atom is 0.102 e. The zero-order valence-corrected chi connectivity index (χ0v) is 6.71. The van der Waals surface area contributed by atoms with Crippen molar-refractivity contribution >= 4 is 0 Å². The highest BCUT2D eigenvalue weighted by molar-refractivity contribution is 5.10. The van der Waals surface area contributed by atoms with Gasteiger partial charge in [0.2, 0.25) is 0 Å². The van der Waals surface area contributed by atoms with Crippen molar-refractivity contribution in [2.24, 2.45) is 5.92 Å². The van der Waals surface area contributed by atoms with Crippen molar-refractivity contribution in [2.45, 2.75) is 37.4 Å². The number of ether oxygens (including phenoxy) is 2. The zero-order chi connectivity index (χ0) is 7.31. The van der Waals surface area contributed by atoms with Crippen molar-refractivity contribution in [2.75, 3.05) is 13.2 Å². The summed E-state index contributed by atoms with van der Waals surface area (Å²) in [6, 6.07) is 0. The van der Waals surface area contributed by atoms with E-state index < -0.39 is 0 Å². The van der Waals surface area contributed by atoms with Gasteiger partial charge < -0.3 is 9.47 Å². The highest BCUT2D eigenvalue weighted by Crippen LogP contribution is 2.54. The first-order valence-electron chi connectivity index (χ1n) is 4.67. The van der Waals surface area contributed by atoms with Crippen molar-refractivity contribution < 1.29 is 9.47 Å². The molecule has 1 spiro atoms. The third kappa shape index (κ3) is 0.744. The molecule has 2 saturated heterocycles. The van der Waals surface area contributed by atoms with E-state index in [0.717, 1.165) is 25.6 Å². The number of hydrogen-bond donors (Lipinski definition) is 0. The summed E-state index contributed by atoms with van der Waals surface area (Å²) in [5.41, 5.74) is 0.316. The SMILES string of the molecule is C1CC2O[C@@]23CCOC[C@H]3C1. The number of epoxide rings is 1.